The maximum Gasteiger partial charge on any atom is 0.490 e. The Kier molecular flexibility index (Phi) is 8.27. The lowest BCUT2D eigenvalue weighted by atomic mass is 9.88. The first-order valence-electron chi connectivity index (χ1n) is 8.74. The molecule has 2 aliphatic rings. The molecule has 0 aromatic rings. The molecule has 148 valence electrons. The Hall–Kier alpha value is -1.89. The maximum atomic E-state index is 12.2. The highest BCUT2D eigenvalue weighted by molar-refractivity contribution is 5.73. The normalized spacial score (nSPS) is 27.6. The zero-order valence-electron chi connectivity index (χ0n) is 15.0. The van der Waals surface area contributed by atoms with Gasteiger partial charge in [0.15, 0.2) is 0 Å². The summed E-state index contributed by atoms with van der Waals surface area (Å²) in [5.74, 6) is -1.97. The molecule has 0 amide bonds. The Labute approximate surface area is 150 Å². The van der Waals surface area contributed by atoms with Crippen LogP contribution in [0.15, 0.2) is 0 Å². The van der Waals surface area contributed by atoms with Crippen molar-refractivity contribution in [3.05, 3.63) is 4.91 Å². The minimum atomic E-state index is -5.08. The minimum Gasteiger partial charge on any atom is -0.475 e. The molecule has 1 aliphatic carbocycles. The predicted molar refractivity (Wildman–Crippen MR) is 86.7 cm³/mol. The number of carbonyl (C=O) groups is 1. The van der Waals surface area contributed by atoms with E-state index in [4.69, 9.17) is 15.2 Å². The standard InChI is InChI=1S/C14H25N4O.C2HF3O2/c1-11-5-7-13(8-6-11)16-18(19)12(2)17-9-3-4-14(17)10-15;3-2(4,5)1(6)7/h11-14H,3-9H2,1-2H3,(H,16,19);(H,6,7)/q+1;. The molecule has 1 saturated heterocycles. The second-order valence-corrected chi connectivity index (χ2v) is 6.87. The first-order valence-corrected chi connectivity index (χ1v) is 8.74. The molecule has 7 nitrogen and oxygen atoms in total. The zero-order chi connectivity index (χ0) is 19.9. The average Bonchev–Trinajstić information content (AvgIpc) is 3.04. The molecular formula is C16H26F3N4O3+. The van der Waals surface area contributed by atoms with Gasteiger partial charge in [-0.25, -0.2) is 9.69 Å². The summed E-state index contributed by atoms with van der Waals surface area (Å²) < 4.78 is 31.7. The number of hydrazine groups is 1. The molecule has 10 heteroatoms. The molecule has 0 aromatic heterocycles. The molecule has 0 spiro atoms. The summed E-state index contributed by atoms with van der Waals surface area (Å²) >= 11 is 0. The summed E-state index contributed by atoms with van der Waals surface area (Å²) in [6, 6.07) is 2.50. The molecule has 2 N–H and O–H groups in total. The minimum absolute atomic E-state index is 0.0976. The summed E-state index contributed by atoms with van der Waals surface area (Å²) in [6.45, 7) is 5.01. The van der Waals surface area contributed by atoms with Crippen LogP contribution in [0.3, 0.4) is 0 Å². The number of hydrogen-bond donors (Lipinski definition) is 2. The fourth-order valence-corrected chi connectivity index (χ4v) is 3.19. The van der Waals surface area contributed by atoms with Crippen molar-refractivity contribution in [2.24, 2.45) is 5.92 Å². The fourth-order valence-electron chi connectivity index (χ4n) is 3.19. The number of carboxylic acids is 1. The molecule has 0 radical (unpaired) electrons. The van der Waals surface area contributed by atoms with Crippen LogP contribution in [0.2, 0.25) is 0 Å². The van der Waals surface area contributed by atoms with Gasteiger partial charge in [-0.15, -0.1) is 5.43 Å². The molecule has 0 aromatic carbocycles. The SMILES string of the molecule is CC1CCC(N[N+](=O)C(C)N2CCCC2C#N)CC1.O=C(O)C(F)(F)F. The van der Waals surface area contributed by atoms with Gasteiger partial charge >= 0.3 is 12.1 Å². The van der Waals surface area contributed by atoms with Crippen LogP contribution in [0.5, 0.6) is 0 Å². The summed E-state index contributed by atoms with van der Waals surface area (Å²) in [7, 11) is 0. The van der Waals surface area contributed by atoms with E-state index in [0.29, 0.717) is 6.04 Å². The fraction of sp³-hybridized carbons (Fsp3) is 0.875. The third-order valence-electron chi connectivity index (χ3n) is 4.83. The topological polar surface area (TPSA) is 96.4 Å². The van der Waals surface area contributed by atoms with Crippen molar-refractivity contribution in [1.29, 1.82) is 5.26 Å². The van der Waals surface area contributed by atoms with Crippen LogP contribution in [0, 0.1) is 22.2 Å². The van der Waals surface area contributed by atoms with Gasteiger partial charge in [-0.1, -0.05) is 6.92 Å². The highest BCUT2D eigenvalue weighted by Crippen LogP contribution is 2.24. The Balaban J connectivity index is 0.000000412. The summed E-state index contributed by atoms with van der Waals surface area (Å²) in [5, 5.41) is 16.2. The number of hydrogen-bond acceptors (Lipinski definition) is 4. The molecular weight excluding hydrogens is 353 g/mol. The van der Waals surface area contributed by atoms with Gasteiger partial charge in [0.05, 0.1) is 17.0 Å². The number of likely N-dealkylation sites (tertiary alicyclic amines) is 1. The number of nitriles is 1. The van der Waals surface area contributed by atoms with Gasteiger partial charge in [0.1, 0.15) is 10.9 Å². The highest BCUT2D eigenvalue weighted by Gasteiger charge is 2.39. The van der Waals surface area contributed by atoms with Crippen LogP contribution in [-0.4, -0.2) is 51.8 Å². The van der Waals surface area contributed by atoms with Crippen molar-refractivity contribution in [3.63, 3.8) is 0 Å². The molecule has 26 heavy (non-hydrogen) atoms. The van der Waals surface area contributed by atoms with Crippen molar-refractivity contribution in [2.45, 2.75) is 76.8 Å². The number of aliphatic carboxylic acids is 1. The second kappa shape index (κ2) is 9.71. The number of nitrogens with one attached hydrogen (secondary N) is 1. The van der Waals surface area contributed by atoms with Crippen molar-refractivity contribution in [3.8, 4) is 6.07 Å². The molecule has 2 atom stereocenters. The number of rotatable bonds is 4. The lowest BCUT2D eigenvalue weighted by molar-refractivity contribution is -0.663. The van der Waals surface area contributed by atoms with E-state index in [1.807, 2.05) is 11.8 Å². The second-order valence-electron chi connectivity index (χ2n) is 6.87. The predicted octanol–water partition coefficient (Wildman–Crippen LogP) is 2.82. The van der Waals surface area contributed by atoms with E-state index in [0.717, 1.165) is 43.0 Å². The lowest BCUT2D eigenvalue weighted by Gasteiger charge is -2.26. The third kappa shape index (κ3) is 6.78. The van der Waals surface area contributed by atoms with Crippen LogP contribution in [0.1, 0.15) is 52.4 Å². The molecule has 1 heterocycles. The maximum absolute atomic E-state index is 12.2. The first kappa shape index (κ1) is 22.2. The van der Waals surface area contributed by atoms with Crippen LogP contribution < -0.4 is 5.43 Å². The Morgan fingerprint density at radius 1 is 1.31 bits per heavy atom. The van der Waals surface area contributed by atoms with E-state index in [1.165, 1.54) is 12.8 Å². The Morgan fingerprint density at radius 2 is 1.85 bits per heavy atom. The van der Waals surface area contributed by atoms with E-state index in [2.05, 4.69) is 18.4 Å². The van der Waals surface area contributed by atoms with E-state index in [1.54, 1.807) is 0 Å². The molecule has 2 fully saturated rings. The van der Waals surface area contributed by atoms with Gasteiger partial charge in [-0.2, -0.15) is 18.4 Å². The van der Waals surface area contributed by atoms with E-state index in [9.17, 15) is 18.1 Å². The van der Waals surface area contributed by atoms with E-state index in [-0.39, 0.29) is 12.2 Å². The van der Waals surface area contributed by atoms with Gasteiger partial charge in [-0.05, 0) is 44.4 Å². The monoisotopic (exact) mass is 379 g/mol. The van der Waals surface area contributed by atoms with Gasteiger partial charge in [0, 0.05) is 13.5 Å². The number of carboxylic acid groups (broad SMARTS) is 1. The van der Waals surface area contributed by atoms with Crippen LogP contribution in [-0.2, 0) is 4.79 Å². The number of nitrogens with zero attached hydrogens (tertiary/aromatic N) is 3. The van der Waals surface area contributed by atoms with Gasteiger partial charge in [0.25, 0.3) is 6.17 Å². The van der Waals surface area contributed by atoms with Crippen LogP contribution in [0.25, 0.3) is 0 Å². The quantitative estimate of drug-likeness (QED) is 0.576. The molecule has 0 bridgehead atoms. The van der Waals surface area contributed by atoms with E-state index >= 15 is 0 Å². The van der Waals surface area contributed by atoms with Crippen molar-refractivity contribution in [1.82, 2.24) is 10.3 Å². The Morgan fingerprint density at radius 3 is 2.31 bits per heavy atom. The van der Waals surface area contributed by atoms with E-state index < -0.39 is 12.1 Å². The van der Waals surface area contributed by atoms with Gasteiger partial charge in [0.2, 0.25) is 0 Å². The molecule has 2 rings (SSSR count). The smallest absolute Gasteiger partial charge is 0.475 e. The number of nitroso groups, excluding NO2 is 1. The van der Waals surface area contributed by atoms with Crippen molar-refractivity contribution in [2.75, 3.05) is 6.54 Å². The largest absolute Gasteiger partial charge is 0.490 e. The van der Waals surface area contributed by atoms with Crippen LogP contribution in [0.4, 0.5) is 13.2 Å². The molecule has 1 aliphatic heterocycles. The first-order chi connectivity index (χ1) is 12.1. The molecule has 2 unspecified atom stereocenters. The summed E-state index contributed by atoms with van der Waals surface area (Å²) in [6.07, 6.45) is 1.11. The third-order valence-corrected chi connectivity index (χ3v) is 4.83. The Bertz CT molecular complexity index is 528. The van der Waals surface area contributed by atoms with Crippen molar-refractivity contribution >= 4 is 5.97 Å². The summed E-state index contributed by atoms with van der Waals surface area (Å²) in [5.41, 5.74) is 3.09. The molecule has 1 saturated carbocycles. The van der Waals surface area contributed by atoms with Gasteiger partial charge < -0.3 is 5.11 Å². The highest BCUT2D eigenvalue weighted by atomic mass is 19.4. The summed E-state index contributed by atoms with van der Waals surface area (Å²) in [4.78, 5) is 24.1. The van der Waals surface area contributed by atoms with Gasteiger partial charge in [-0.3, -0.25) is 0 Å². The average molecular weight is 379 g/mol. The van der Waals surface area contributed by atoms with Crippen LogP contribution >= 0.6 is 0 Å². The van der Waals surface area contributed by atoms with Crippen molar-refractivity contribution < 1.29 is 27.9 Å². The lowest BCUT2D eigenvalue weighted by Crippen LogP contribution is -2.50. The number of halogens is 3. The zero-order valence-corrected chi connectivity index (χ0v) is 15.0. The number of alkyl halides is 3.